The molecule has 0 spiro atoms. The van der Waals surface area contributed by atoms with Gasteiger partial charge < -0.3 is 5.11 Å². The fourth-order valence-corrected chi connectivity index (χ4v) is 2.30. The van der Waals surface area contributed by atoms with Crippen LogP contribution in [0.25, 0.3) is 0 Å². The highest BCUT2D eigenvalue weighted by Crippen LogP contribution is 2.41. The number of alkyl halides is 6. The second-order valence-electron chi connectivity index (χ2n) is 5.51. The number of hydrogen-bond donors (Lipinski definition) is 1. The molecule has 0 amide bonds. The van der Waals surface area contributed by atoms with Crippen molar-refractivity contribution in [3.05, 3.63) is 0 Å². The van der Waals surface area contributed by atoms with Gasteiger partial charge in [-0.15, -0.1) is 0 Å². The van der Waals surface area contributed by atoms with Gasteiger partial charge in [-0.25, -0.2) is 0 Å². The van der Waals surface area contributed by atoms with Gasteiger partial charge in [0.25, 0.3) is 0 Å². The Bertz CT molecular complexity index is 324. The van der Waals surface area contributed by atoms with E-state index in [2.05, 4.69) is 0 Å². The maximum Gasteiger partial charge on any atom is 0.392 e. The summed E-state index contributed by atoms with van der Waals surface area (Å²) in [5.41, 5.74) is 0. The number of halogens is 6. The molecule has 0 radical (unpaired) electrons. The zero-order chi connectivity index (χ0) is 17.4. The monoisotopic (exact) mass is 336 g/mol. The molecule has 22 heavy (non-hydrogen) atoms. The van der Waals surface area contributed by atoms with Gasteiger partial charge in [0, 0.05) is 0 Å². The first kappa shape index (κ1) is 21.0. The fraction of sp³-hybridized carbons (Fsp3) is 0.929. The van der Waals surface area contributed by atoms with Crippen molar-refractivity contribution in [3.8, 4) is 0 Å². The van der Waals surface area contributed by atoms with E-state index >= 15 is 0 Å². The van der Waals surface area contributed by atoms with Gasteiger partial charge in [-0.3, -0.25) is 4.79 Å². The molecule has 132 valence electrons. The lowest BCUT2D eigenvalue weighted by atomic mass is 9.87. The first-order chi connectivity index (χ1) is 9.98. The predicted molar refractivity (Wildman–Crippen MR) is 69.3 cm³/mol. The lowest BCUT2D eigenvalue weighted by molar-refractivity contribution is -0.214. The van der Waals surface area contributed by atoms with Crippen LogP contribution in [0.1, 0.15) is 58.3 Å². The topological polar surface area (TPSA) is 37.3 Å². The van der Waals surface area contributed by atoms with Gasteiger partial charge in [-0.2, -0.15) is 26.3 Å². The molecular weight excluding hydrogens is 314 g/mol. The molecular formula is C14H22F6O2. The van der Waals surface area contributed by atoms with Crippen LogP contribution >= 0.6 is 0 Å². The van der Waals surface area contributed by atoms with Crippen molar-refractivity contribution >= 4 is 5.97 Å². The molecule has 0 heterocycles. The summed E-state index contributed by atoms with van der Waals surface area (Å²) in [6.45, 7) is 1.94. The minimum Gasteiger partial charge on any atom is -0.481 e. The zero-order valence-corrected chi connectivity index (χ0v) is 12.4. The second-order valence-corrected chi connectivity index (χ2v) is 5.51. The standard InChI is InChI=1S/C14H22F6O2/c1-2-3-4-5-6-7-10(13(15,16)17)8-11(9-12(21)22)14(18,19)20/h10-11H,2-9H2,1H3,(H,21,22). The molecule has 0 aliphatic heterocycles. The maximum atomic E-state index is 12.9. The van der Waals surface area contributed by atoms with Crippen molar-refractivity contribution in [1.29, 1.82) is 0 Å². The number of carbonyl (C=O) groups is 1. The molecule has 0 aliphatic rings. The van der Waals surface area contributed by atoms with E-state index in [0.29, 0.717) is 6.42 Å². The lowest BCUT2D eigenvalue weighted by Crippen LogP contribution is -2.33. The molecule has 8 heteroatoms. The summed E-state index contributed by atoms with van der Waals surface area (Å²) in [7, 11) is 0. The van der Waals surface area contributed by atoms with Crippen molar-refractivity contribution < 1.29 is 36.2 Å². The van der Waals surface area contributed by atoms with Gasteiger partial charge in [0.05, 0.1) is 18.3 Å². The summed E-state index contributed by atoms with van der Waals surface area (Å²) in [4.78, 5) is 10.4. The van der Waals surface area contributed by atoms with Gasteiger partial charge in [-0.1, -0.05) is 39.0 Å². The summed E-state index contributed by atoms with van der Waals surface area (Å²) in [6.07, 6.45) is -9.34. The number of unbranched alkanes of at least 4 members (excludes halogenated alkanes) is 4. The first-order valence-corrected chi connectivity index (χ1v) is 7.33. The summed E-state index contributed by atoms with van der Waals surface area (Å²) in [5, 5.41) is 8.45. The molecule has 2 nitrogen and oxygen atoms in total. The number of carboxylic acids is 1. The molecule has 0 fully saturated rings. The molecule has 0 aromatic rings. The van der Waals surface area contributed by atoms with E-state index in [1.54, 1.807) is 0 Å². The van der Waals surface area contributed by atoms with Crippen molar-refractivity contribution in [2.45, 2.75) is 70.6 Å². The van der Waals surface area contributed by atoms with Crippen LogP contribution in [0.4, 0.5) is 26.3 Å². The highest BCUT2D eigenvalue weighted by molar-refractivity contribution is 5.67. The molecule has 0 rings (SSSR count). The van der Waals surface area contributed by atoms with Gasteiger partial charge in [0.1, 0.15) is 0 Å². The largest absolute Gasteiger partial charge is 0.481 e. The summed E-state index contributed by atoms with van der Waals surface area (Å²) in [6, 6.07) is 0. The van der Waals surface area contributed by atoms with Gasteiger partial charge in [-0.05, 0) is 12.8 Å². The fourth-order valence-electron chi connectivity index (χ4n) is 2.30. The van der Waals surface area contributed by atoms with Crippen LogP contribution in [0.3, 0.4) is 0 Å². The molecule has 1 N–H and O–H groups in total. The summed E-state index contributed by atoms with van der Waals surface area (Å²) >= 11 is 0. The van der Waals surface area contributed by atoms with Gasteiger partial charge in [0.2, 0.25) is 0 Å². The van der Waals surface area contributed by atoms with Crippen LogP contribution in [0.15, 0.2) is 0 Å². The molecule has 2 unspecified atom stereocenters. The van der Waals surface area contributed by atoms with E-state index in [4.69, 9.17) is 5.11 Å². The molecule has 0 saturated carbocycles. The van der Waals surface area contributed by atoms with Crippen LogP contribution in [-0.2, 0) is 4.79 Å². The molecule has 0 bridgehead atoms. The van der Waals surface area contributed by atoms with Gasteiger partial charge in [0.15, 0.2) is 0 Å². The minimum absolute atomic E-state index is 0.196. The predicted octanol–water partition coefficient (Wildman–Crippen LogP) is 5.57. The van der Waals surface area contributed by atoms with E-state index in [0.717, 1.165) is 19.3 Å². The van der Waals surface area contributed by atoms with Gasteiger partial charge >= 0.3 is 18.3 Å². The molecule has 0 saturated heterocycles. The zero-order valence-electron chi connectivity index (χ0n) is 12.4. The number of hydrogen-bond acceptors (Lipinski definition) is 1. The second kappa shape index (κ2) is 9.25. The Morgan fingerprint density at radius 2 is 1.41 bits per heavy atom. The normalized spacial score (nSPS) is 15.6. The first-order valence-electron chi connectivity index (χ1n) is 7.33. The number of rotatable bonds is 10. The van der Waals surface area contributed by atoms with Crippen molar-refractivity contribution in [2.24, 2.45) is 11.8 Å². The van der Waals surface area contributed by atoms with E-state index in [-0.39, 0.29) is 12.8 Å². The van der Waals surface area contributed by atoms with Crippen LogP contribution in [0.2, 0.25) is 0 Å². The summed E-state index contributed by atoms with van der Waals surface area (Å²) in [5.74, 6) is -6.32. The number of aliphatic carboxylic acids is 1. The lowest BCUT2D eigenvalue weighted by Gasteiger charge is -2.26. The average molecular weight is 336 g/mol. The van der Waals surface area contributed by atoms with Crippen molar-refractivity contribution in [1.82, 2.24) is 0 Å². The van der Waals surface area contributed by atoms with E-state index in [1.807, 2.05) is 6.92 Å². The summed E-state index contributed by atoms with van der Waals surface area (Å²) < 4.78 is 76.7. The minimum atomic E-state index is -4.94. The third kappa shape index (κ3) is 9.15. The van der Waals surface area contributed by atoms with E-state index in [9.17, 15) is 31.1 Å². The highest BCUT2D eigenvalue weighted by atomic mass is 19.4. The van der Waals surface area contributed by atoms with Crippen LogP contribution < -0.4 is 0 Å². The van der Waals surface area contributed by atoms with Crippen LogP contribution in [-0.4, -0.2) is 23.4 Å². The number of carboxylic acid groups (broad SMARTS) is 1. The van der Waals surface area contributed by atoms with Crippen molar-refractivity contribution in [3.63, 3.8) is 0 Å². The maximum absolute atomic E-state index is 12.9. The Kier molecular flexibility index (Phi) is 8.85. The Morgan fingerprint density at radius 3 is 1.82 bits per heavy atom. The Balaban J connectivity index is 4.70. The third-order valence-corrected chi connectivity index (χ3v) is 3.57. The van der Waals surface area contributed by atoms with Crippen LogP contribution in [0.5, 0.6) is 0 Å². The quantitative estimate of drug-likeness (QED) is 0.418. The Morgan fingerprint density at radius 1 is 0.909 bits per heavy atom. The molecule has 0 aromatic carbocycles. The SMILES string of the molecule is CCCCCCCC(CC(CC(=O)O)C(F)(F)F)C(F)(F)F. The van der Waals surface area contributed by atoms with Crippen molar-refractivity contribution in [2.75, 3.05) is 0 Å². The van der Waals surface area contributed by atoms with E-state index in [1.165, 1.54) is 0 Å². The molecule has 2 atom stereocenters. The smallest absolute Gasteiger partial charge is 0.392 e. The molecule has 0 aromatic heterocycles. The third-order valence-electron chi connectivity index (χ3n) is 3.57. The molecule has 0 aliphatic carbocycles. The Hall–Kier alpha value is -0.950. The average Bonchev–Trinajstić information content (AvgIpc) is 2.32. The van der Waals surface area contributed by atoms with E-state index < -0.39 is 43.0 Å². The van der Waals surface area contributed by atoms with Crippen LogP contribution in [0, 0.1) is 11.8 Å². The highest BCUT2D eigenvalue weighted by Gasteiger charge is 2.47. The Labute approximate surface area is 125 Å².